The first kappa shape index (κ1) is 17.9. The van der Waals surface area contributed by atoms with E-state index in [1.807, 2.05) is 5.32 Å². The van der Waals surface area contributed by atoms with Gasteiger partial charge in [-0.25, -0.2) is 30.4 Å². The van der Waals surface area contributed by atoms with Gasteiger partial charge in [0.25, 0.3) is 5.91 Å². The third-order valence-corrected chi connectivity index (χ3v) is 4.02. The van der Waals surface area contributed by atoms with Gasteiger partial charge in [-0.05, 0) is 6.07 Å². The number of carbonyl (C=O) groups excluding carboxylic acids is 1. The zero-order valence-corrected chi connectivity index (χ0v) is 12.6. The van der Waals surface area contributed by atoms with Gasteiger partial charge in [0.2, 0.25) is 0 Å². The van der Waals surface area contributed by atoms with Gasteiger partial charge in [0.05, 0.1) is 5.56 Å². The van der Waals surface area contributed by atoms with Crippen molar-refractivity contribution < 1.29 is 35.2 Å². The van der Waals surface area contributed by atoms with Crippen LogP contribution in [0.25, 0.3) is 0 Å². The van der Waals surface area contributed by atoms with Crippen LogP contribution < -0.4 is 5.32 Å². The summed E-state index contributed by atoms with van der Waals surface area (Å²) in [5.41, 5.74) is -1.41. The third kappa shape index (κ3) is 3.53. The molecule has 0 saturated carbocycles. The van der Waals surface area contributed by atoms with Gasteiger partial charge in [0.15, 0.2) is 27.3 Å². The molecule has 24 heavy (non-hydrogen) atoms. The number of amides is 1. The van der Waals surface area contributed by atoms with E-state index >= 15 is 0 Å². The SMILES string of the molecule is CS(=O)(=O)c1cc(C(=O)Nc2cc(F)c(F)c(F)c2)c(F)cc1F. The Morgan fingerprint density at radius 1 is 0.875 bits per heavy atom. The molecular formula is C14H8F5NO3S. The van der Waals surface area contributed by atoms with Crippen molar-refractivity contribution in [2.75, 3.05) is 11.6 Å². The second-order valence-electron chi connectivity index (χ2n) is 4.74. The summed E-state index contributed by atoms with van der Waals surface area (Å²) in [5, 5.41) is 1.86. The van der Waals surface area contributed by atoms with E-state index in [2.05, 4.69) is 0 Å². The Balaban J connectivity index is 2.44. The van der Waals surface area contributed by atoms with E-state index in [0.717, 1.165) is 0 Å². The van der Waals surface area contributed by atoms with Crippen LogP contribution in [0.4, 0.5) is 27.6 Å². The molecule has 2 aromatic rings. The van der Waals surface area contributed by atoms with Crippen LogP contribution in [0.5, 0.6) is 0 Å². The quantitative estimate of drug-likeness (QED) is 0.517. The van der Waals surface area contributed by atoms with Crippen molar-refractivity contribution in [1.29, 1.82) is 0 Å². The van der Waals surface area contributed by atoms with Crippen molar-refractivity contribution in [3.05, 3.63) is 58.9 Å². The molecule has 1 amide bonds. The molecule has 0 aromatic heterocycles. The van der Waals surface area contributed by atoms with Crippen molar-refractivity contribution in [3.8, 4) is 0 Å². The number of halogens is 5. The van der Waals surface area contributed by atoms with Crippen LogP contribution in [0, 0.1) is 29.1 Å². The van der Waals surface area contributed by atoms with Crippen molar-refractivity contribution >= 4 is 21.4 Å². The third-order valence-electron chi connectivity index (χ3n) is 2.91. The minimum absolute atomic E-state index is 0.192. The minimum Gasteiger partial charge on any atom is -0.322 e. The zero-order chi connectivity index (χ0) is 18.2. The number of carbonyl (C=O) groups is 1. The Hall–Kier alpha value is -2.49. The molecule has 0 aliphatic heterocycles. The second-order valence-corrected chi connectivity index (χ2v) is 6.73. The van der Waals surface area contributed by atoms with Gasteiger partial charge in [0, 0.05) is 30.1 Å². The lowest BCUT2D eigenvalue weighted by atomic mass is 10.2. The van der Waals surface area contributed by atoms with E-state index in [1.54, 1.807) is 0 Å². The largest absolute Gasteiger partial charge is 0.322 e. The molecular weight excluding hydrogens is 357 g/mol. The monoisotopic (exact) mass is 365 g/mol. The molecule has 0 aliphatic carbocycles. The first-order valence-electron chi connectivity index (χ1n) is 6.15. The summed E-state index contributed by atoms with van der Waals surface area (Å²) >= 11 is 0. The molecule has 0 aliphatic rings. The van der Waals surface area contributed by atoms with Crippen molar-refractivity contribution in [1.82, 2.24) is 0 Å². The van der Waals surface area contributed by atoms with Gasteiger partial charge < -0.3 is 5.32 Å². The maximum atomic E-state index is 13.7. The van der Waals surface area contributed by atoms with Crippen molar-refractivity contribution in [2.45, 2.75) is 4.90 Å². The van der Waals surface area contributed by atoms with E-state index in [-0.39, 0.29) is 6.07 Å². The van der Waals surface area contributed by atoms with Crippen LogP contribution in [0.2, 0.25) is 0 Å². The average Bonchev–Trinajstić information content (AvgIpc) is 2.43. The number of nitrogens with one attached hydrogen (secondary N) is 1. The van der Waals surface area contributed by atoms with Crippen LogP contribution in [0.3, 0.4) is 0 Å². The molecule has 1 N–H and O–H groups in total. The lowest BCUT2D eigenvalue weighted by molar-refractivity contribution is 0.102. The fourth-order valence-corrected chi connectivity index (χ4v) is 2.56. The van der Waals surface area contributed by atoms with Gasteiger partial charge in [-0.1, -0.05) is 0 Å². The van der Waals surface area contributed by atoms with Gasteiger partial charge in [-0.15, -0.1) is 0 Å². The molecule has 0 atom stereocenters. The highest BCUT2D eigenvalue weighted by molar-refractivity contribution is 7.90. The molecule has 0 bridgehead atoms. The average molecular weight is 365 g/mol. The molecule has 2 aromatic carbocycles. The minimum atomic E-state index is -4.09. The maximum Gasteiger partial charge on any atom is 0.258 e. The van der Waals surface area contributed by atoms with Crippen molar-refractivity contribution in [3.63, 3.8) is 0 Å². The topological polar surface area (TPSA) is 63.2 Å². The zero-order valence-electron chi connectivity index (χ0n) is 11.8. The standard InChI is InChI=1S/C14H8F5NO3S/c1-24(22,23)12-4-7(8(15)5-9(12)16)14(21)20-6-2-10(17)13(19)11(18)3-6/h2-5H,1H3,(H,20,21). The summed E-state index contributed by atoms with van der Waals surface area (Å²) in [7, 11) is -4.09. The number of hydrogen-bond donors (Lipinski definition) is 1. The predicted octanol–water partition coefficient (Wildman–Crippen LogP) is 3.04. The second kappa shape index (κ2) is 6.19. The van der Waals surface area contributed by atoms with E-state index < -0.39 is 61.0 Å². The van der Waals surface area contributed by atoms with E-state index in [0.29, 0.717) is 24.5 Å². The highest BCUT2D eigenvalue weighted by atomic mass is 32.2. The molecule has 10 heteroatoms. The van der Waals surface area contributed by atoms with Gasteiger partial charge in [-0.3, -0.25) is 4.79 Å². The van der Waals surface area contributed by atoms with Gasteiger partial charge in [0.1, 0.15) is 16.5 Å². The first-order chi connectivity index (χ1) is 11.0. The Morgan fingerprint density at radius 2 is 1.42 bits per heavy atom. The Kier molecular flexibility index (Phi) is 4.61. The Morgan fingerprint density at radius 3 is 1.92 bits per heavy atom. The number of hydrogen-bond acceptors (Lipinski definition) is 3. The summed E-state index contributed by atoms with van der Waals surface area (Å²) in [6, 6.07) is 1.52. The maximum absolute atomic E-state index is 13.7. The first-order valence-corrected chi connectivity index (χ1v) is 8.05. The van der Waals surface area contributed by atoms with Crippen LogP contribution in [0.1, 0.15) is 10.4 Å². The van der Waals surface area contributed by atoms with E-state index in [9.17, 15) is 35.2 Å². The van der Waals surface area contributed by atoms with Crippen molar-refractivity contribution in [2.24, 2.45) is 0 Å². The molecule has 0 spiro atoms. The summed E-state index contributed by atoms with van der Waals surface area (Å²) < 4.78 is 88.9. The van der Waals surface area contributed by atoms with Gasteiger partial charge >= 0.3 is 0 Å². The summed E-state index contributed by atoms with van der Waals surface area (Å²) in [4.78, 5) is 11.0. The molecule has 0 heterocycles. The fourth-order valence-electron chi connectivity index (χ4n) is 1.81. The summed E-state index contributed by atoms with van der Waals surface area (Å²) in [5.74, 6) is -9.04. The number of benzene rings is 2. The van der Waals surface area contributed by atoms with Gasteiger partial charge in [-0.2, -0.15) is 0 Å². The Bertz CT molecular complexity index is 921. The Labute approximate surface area is 132 Å². The van der Waals surface area contributed by atoms with Crippen LogP contribution in [0.15, 0.2) is 29.2 Å². The predicted molar refractivity (Wildman–Crippen MR) is 73.7 cm³/mol. The molecule has 2 rings (SSSR count). The molecule has 0 unspecified atom stereocenters. The molecule has 4 nitrogen and oxygen atoms in total. The number of sulfone groups is 1. The normalized spacial score (nSPS) is 11.4. The fraction of sp³-hybridized carbons (Fsp3) is 0.0714. The lowest BCUT2D eigenvalue weighted by Gasteiger charge is -2.09. The molecule has 0 fully saturated rings. The lowest BCUT2D eigenvalue weighted by Crippen LogP contribution is -2.16. The molecule has 128 valence electrons. The highest BCUT2D eigenvalue weighted by Crippen LogP contribution is 2.22. The molecule has 0 saturated heterocycles. The highest BCUT2D eigenvalue weighted by Gasteiger charge is 2.22. The van der Waals surface area contributed by atoms with E-state index in [4.69, 9.17) is 0 Å². The summed E-state index contributed by atoms with van der Waals surface area (Å²) in [6.07, 6.45) is 0.649. The van der Waals surface area contributed by atoms with Crippen LogP contribution in [-0.2, 0) is 9.84 Å². The number of anilines is 1. The van der Waals surface area contributed by atoms with Crippen LogP contribution in [-0.4, -0.2) is 20.6 Å². The van der Waals surface area contributed by atoms with E-state index in [1.165, 1.54) is 0 Å². The van der Waals surface area contributed by atoms with Crippen LogP contribution >= 0.6 is 0 Å². The summed E-state index contributed by atoms with van der Waals surface area (Å²) in [6.45, 7) is 0. The molecule has 0 radical (unpaired) electrons. The number of rotatable bonds is 3. The smallest absolute Gasteiger partial charge is 0.258 e.